The lowest BCUT2D eigenvalue weighted by Crippen LogP contribution is -2.41. The summed E-state index contributed by atoms with van der Waals surface area (Å²) >= 11 is 6.06. The number of aromatic nitrogens is 1. The van der Waals surface area contributed by atoms with Gasteiger partial charge in [0, 0.05) is 28.7 Å². The highest BCUT2D eigenvalue weighted by Crippen LogP contribution is 2.23. The number of carbonyl (C=O) groups excluding carboxylic acids is 1. The fourth-order valence-corrected chi connectivity index (χ4v) is 2.79. The molecular weight excluding hydrogens is 320 g/mol. The minimum atomic E-state index is -0.513. The Labute approximate surface area is 146 Å². The van der Waals surface area contributed by atoms with Crippen molar-refractivity contribution < 1.29 is 4.79 Å². The molecule has 0 saturated carbocycles. The largest absolute Gasteiger partial charge is 0.343 e. The zero-order chi connectivity index (χ0) is 17.2. The van der Waals surface area contributed by atoms with Crippen LogP contribution in [0.4, 0.5) is 0 Å². The van der Waals surface area contributed by atoms with Gasteiger partial charge in [0.05, 0.1) is 5.54 Å². The normalized spacial score (nSPS) is 11.3. The molecule has 1 heterocycles. The molecule has 122 valence electrons. The molecule has 0 saturated heterocycles. The van der Waals surface area contributed by atoms with Gasteiger partial charge >= 0.3 is 0 Å². The summed E-state index contributed by atoms with van der Waals surface area (Å²) < 4.78 is 2.00. The highest BCUT2D eigenvalue weighted by Gasteiger charge is 2.23. The van der Waals surface area contributed by atoms with Gasteiger partial charge < -0.3 is 9.88 Å². The van der Waals surface area contributed by atoms with Gasteiger partial charge in [-0.25, -0.2) is 0 Å². The summed E-state index contributed by atoms with van der Waals surface area (Å²) in [4.78, 5) is 12.6. The fourth-order valence-electron chi connectivity index (χ4n) is 2.60. The van der Waals surface area contributed by atoms with Crippen LogP contribution in [0.1, 0.15) is 29.8 Å². The van der Waals surface area contributed by atoms with E-state index < -0.39 is 5.54 Å². The Bertz CT molecular complexity index is 836. The van der Waals surface area contributed by atoms with Crippen LogP contribution in [0.25, 0.3) is 5.69 Å². The van der Waals surface area contributed by atoms with Gasteiger partial charge in [-0.3, -0.25) is 4.79 Å². The SMILES string of the molecule is CC(C)(NC(=O)c1ccc(-n2cccc2)cc1)c1cccc(Cl)c1. The van der Waals surface area contributed by atoms with Crippen molar-refractivity contribution in [2.45, 2.75) is 19.4 Å². The Morgan fingerprint density at radius 1 is 1.00 bits per heavy atom. The van der Waals surface area contributed by atoms with Crippen molar-refractivity contribution in [3.8, 4) is 5.69 Å². The van der Waals surface area contributed by atoms with Gasteiger partial charge in [0.25, 0.3) is 5.91 Å². The van der Waals surface area contributed by atoms with Gasteiger partial charge in [0.1, 0.15) is 0 Å². The number of benzene rings is 2. The van der Waals surface area contributed by atoms with E-state index in [1.54, 1.807) is 0 Å². The van der Waals surface area contributed by atoms with Gasteiger partial charge in [0.2, 0.25) is 0 Å². The summed E-state index contributed by atoms with van der Waals surface area (Å²) in [5.74, 6) is -0.112. The van der Waals surface area contributed by atoms with E-state index in [4.69, 9.17) is 11.6 Å². The zero-order valence-electron chi connectivity index (χ0n) is 13.7. The minimum absolute atomic E-state index is 0.112. The molecule has 2 aromatic carbocycles. The van der Waals surface area contributed by atoms with Crippen LogP contribution in [0.2, 0.25) is 5.02 Å². The molecule has 0 aliphatic rings. The molecule has 0 bridgehead atoms. The van der Waals surface area contributed by atoms with Crippen molar-refractivity contribution in [2.24, 2.45) is 0 Å². The average molecular weight is 339 g/mol. The molecular formula is C20H19ClN2O. The molecule has 1 aromatic heterocycles. The molecule has 3 aromatic rings. The maximum absolute atomic E-state index is 12.6. The smallest absolute Gasteiger partial charge is 0.251 e. The summed E-state index contributed by atoms with van der Waals surface area (Å²) in [6.45, 7) is 3.93. The molecule has 0 unspecified atom stereocenters. The predicted molar refractivity (Wildman–Crippen MR) is 97.7 cm³/mol. The van der Waals surface area contributed by atoms with Crippen molar-refractivity contribution in [3.63, 3.8) is 0 Å². The molecule has 4 heteroatoms. The molecule has 0 radical (unpaired) electrons. The predicted octanol–water partition coefficient (Wildman–Crippen LogP) is 4.80. The van der Waals surface area contributed by atoms with Crippen LogP contribution in [-0.2, 0) is 5.54 Å². The van der Waals surface area contributed by atoms with Gasteiger partial charge in [-0.2, -0.15) is 0 Å². The highest BCUT2D eigenvalue weighted by molar-refractivity contribution is 6.30. The van der Waals surface area contributed by atoms with Gasteiger partial charge in [0.15, 0.2) is 0 Å². The molecule has 0 aliphatic carbocycles. The molecule has 0 fully saturated rings. The second kappa shape index (κ2) is 6.54. The molecule has 0 aliphatic heterocycles. The number of nitrogens with zero attached hydrogens (tertiary/aromatic N) is 1. The van der Waals surface area contributed by atoms with Crippen molar-refractivity contribution in [2.75, 3.05) is 0 Å². The van der Waals surface area contributed by atoms with Crippen LogP contribution in [0.5, 0.6) is 0 Å². The van der Waals surface area contributed by atoms with E-state index in [2.05, 4.69) is 5.32 Å². The fraction of sp³-hybridized carbons (Fsp3) is 0.150. The lowest BCUT2D eigenvalue weighted by molar-refractivity contribution is 0.0912. The first-order valence-corrected chi connectivity index (χ1v) is 8.15. The number of rotatable bonds is 4. The number of hydrogen-bond donors (Lipinski definition) is 1. The number of carbonyl (C=O) groups is 1. The first kappa shape index (κ1) is 16.3. The van der Waals surface area contributed by atoms with Gasteiger partial charge in [-0.1, -0.05) is 23.7 Å². The number of amides is 1. The van der Waals surface area contributed by atoms with Crippen molar-refractivity contribution in [1.82, 2.24) is 9.88 Å². The van der Waals surface area contributed by atoms with E-state index in [0.29, 0.717) is 10.6 Å². The van der Waals surface area contributed by atoms with E-state index in [1.165, 1.54) is 0 Å². The standard InChI is InChI=1S/C20H19ClN2O/c1-20(2,16-6-5-7-17(21)14-16)22-19(24)15-8-10-18(11-9-15)23-12-3-4-13-23/h3-14H,1-2H3,(H,22,24). The Hall–Kier alpha value is -2.52. The maximum Gasteiger partial charge on any atom is 0.251 e. The third-order valence-corrected chi connectivity index (χ3v) is 4.24. The first-order valence-electron chi connectivity index (χ1n) is 7.78. The zero-order valence-corrected chi connectivity index (χ0v) is 14.4. The van der Waals surface area contributed by atoms with E-state index in [9.17, 15) is 4.79 Å². The van der Waals surface area contributed by atoms with E-state index in [1.807, 2.05) is 91.5 Å². The maximum atomic E-state index is 12.6. The van der Waals surface area contributed by atoms with Crippen molar-refractivity contribution in [3.05, 3.63) is 89.2 Å². The van der Waals surface area contributed by atoms with Crippen LogP contribution in [0, 0.1) is 0 Å². The van der Waals surface area contributed by atoms with Crippen molar-refractivity contribution in [1.29, 1.82) is 0 Å². The monoisotopic (exact) mass is 338 g/mol. The number of nitrogens with one attached hydrogen (secondary N) is 1. The Balaban J connectivity index is 1.77. The topological polar surface area (TPSA) is 34.0 Å². The van der Waals surface area contributed by atoms with Crippen LogP contribution in [0.15, 0.2) is 73.1 Å². The van der Waals surface area contributed by atoms with Crippen LogP contribution in [0.3, 0.4) is 0 Å². The molecule has 1 amide bonds. The molecule has 0 atom stereocenters. The first-order chi connectivity index (χ1) is 11.5. The van der Waals surface area contributed by atoms with E-state index in [0.717, 1.165) is 11.3 Å². The summed E-state index contributed by atoms with van der Waals surface area (Å²) in [5, 5.41) is 3.72. The van der Waals surface area contributed by atoms with E-state index in [-0.39, 0.29) is 5.91 Å². The molecule has 1 N–H and O–H groups in total. The summed E-state index contributed by atoms with van der Waals surface area (Å²) in [7, 11) is 0. The third-order valence-electron chi connectivity index (χ3n) is 4.00. The quantitative estimate of drug-likeness (QED) is 0.728. The molecule has 3 rings (SSSR count). The number of hydrogen-bond acceptors (Lipinski definition) is 1. The molecule has 24 heavy (non-hydrogen) atoms. The van der Waals surface area contributed by atoms with Crippen LogP contribution in [-0.4, -0.2) is 10.5 Å². The number of halogens is 1. The average Bonchev–Trinajstić information content (AvgIpc) is 3.09. The van der Waals surface area contributed by atoms with Gasteiger partial charge in [-0.15, -0.1) is 0 Å². The summed E-state index contributed by atoms with van der Waals surface area (Å²) in [6.07, 6.45) is 3.94. The summed E-state index contributed by atoms with van der Waals surface area (Å²) in [6, 6.07) is 19.0. The molecule has 0 spiro atoms. The Kier molecular flexibility index (Phi) is 4.45. The lowest BCUT2D eigenvalue weighted by atomic mass is 9.94. The summed E-state index contributed by atoms with van der Waals surface area (Å²) in [5.41, 5.74) is 2.10. The Morgan fingerprint density at radius 2 is 1.67 bits per heavy atom. The van der Waals surface area contributed by atoms with E-state index >= 15 is 0 Å². The third kappa shape index (κ3) is 3.52. The van der Waals surface area contributed by atoms with Gasteiger partial charge in [-0.05, 0) is 67.9 Å². The Morgan fingerprint density at radius 3 is 2.29 bits per heavy atom. The molecule has 3 nitrogen and oxygen atoms in total. The minimum Gasteiger partial charge on any atom is -0.343 e. The van der Waals surface area contributed by atoms with Crippen LogP contribution >= 0.6 is 11.6 Å². The lowest BCUT2D eigenvalue weighted by Gasteiger charge is -2.27. The van der Waals surface area contributed by atoms with Crippen molar-refractivity contribution >= 4 is 17.5 Å². The second-order valence-corrected chi connectivity index (χ2v) is 6.66. The van der Waals surface area contributed by atoms with Crippen LogP contribution < -0.4 is 5.32 Å². The second-order valence-electron chi connectivity index (χ2n) is 6.23. The highest BCUT2D eigenvalue weighted by atomic mass is 35.5.